The van der Waals surface area contributed by atoms with Gasteiger partial charge in [-0.1, -0.05) is 30.3 Å². The average molecular weight is 398 g/mol. The van der Waals surface area contributed by atoms with E-state index in [1.54, 1.807) is 0 Å². The van der Waals surface area contributed by atoms with E-state index in [-0.39, 0.29) is 18.4 Å². The number of amides is 1. The largest absolute Gasteiger partial charge is 0.464 e. The highest BCUT2D eigenvalue weighted by molar-refractivity contribution is 5.91. The molecule has 7 heteroatoms. The summed E-state index contributed by atoms with van der Waals surface area (Å²) in [6, 6.07) is 16.6. The number of carbonyl (C=O) groups excluding carboxylic acids is 2. The van der Waals surface area contributed by atoms with Crippen LogP contribution in [-0.2, 0) is 19.1 Å². The molecule has 1 unspecified atom stereocenters. The number of methoxy groups -OCH3 is 1. The van der Waals surface area contributed by atoms with Crippen molar-refractivity contribution in [2.24, 2.45) is 0 Å². The Morgan fingerprint density at radius 2 is 1.76 bits per heavy atom. The number of ether oxygens (including phenoxy) is 2. The topological polar surface area (TPSA) is 72.3 Å². The molecule has 0 radical (unpaired) electrons. The number of nitrogens with zero attached hydrogens (tertiary/aromatic N) is 1. The number of benzene rings is 2. The molecule has 1 heterocycles. The second kappa shape index (κ2) is 10.0. The van der Waals surface area contributed by atoms with Gasteiger partial charge in [0.05, 0.1) is 27.4 Å². The predicted octanol–water partition coefficient (Wildman–Crippen LogP) is 0.891. The standard InChI is InChI=1S/C22H27N3O4/c1-24(21(22(27)28-2)17-6-4-3-5-7-17)16-20(26)23-18-8-10-19(11-9-18)25-12-14-29-15-13-25/h3-11,21H,12-16H2,1-2H3,(H,23,26)/p+1/t21-/m1/s1. The Morgan fingerprint density at radius 1 is 1.10 bits per heavy atom. The van der Waals surface area contributed by atoms with Crippen molar-refractivity contribution in [3.05, 3.63) is 60.2 Å². The second-order valence-electron chi connectivity index (χ2n) is 7.08. The van der Waals surface area contributed by atoms with Crippen LogP contribution in [0.1, 0.15) is 11.6 Å². The third-order valence-corrected chi connectivity index (χ3v) is 5.03. The fraction of sp³-hybridized carbons (Fsp3) is 0.364. The number of rotatable bonds is 7. The summed E-state index contributed by atoms with van der Waals surface area (Å²) in [6.07, 6.45) is 0. The number of likely N-dealkylation sites (N-methyl/N-ethyl adjacent to an activating group) is 1. The summed E-state index contributed by atoms with van der Waals surface area (Å²) in [5.41, 5.74) is 2.66. The third kappa shape index (κ3) is 5.56. The van der Waals surface area contributed by atoms with Crippen molar-refractivity contribution < 1.29 is 24.0 Å². The highest BCUT2D eigenvalue weighted by atomic mass is 16.5. The minimum absolute atomic E-state index is 0.139. The molecule has 0 spiro atoms. The van der Waals surface area contributed by atoms with E-state index in [1.165, 1.54) is 7.11 Å². The SMILES string of the molecule is COC(=O)[C@@H](c1ccccc1)[NH+](C)CC(=O)Nc1ccc(N2CCOCC2)cc1. The lowest BCUT2D eigenvalue weighted by Crippen LogP contribution is -3.11. The molecule has 154 valence electrons. The summed E-state index contributed by atoms with van der Waals surface area (Å²) in [5, 5.41) is 2.91. The zero-order valence-electron chi connectivity index (χ0n) is 16.9. The molecule has 2 aromatic rings. The molecular formula is C22H28N3O4+. The first-order valence-corrected chi connectivity index (χ1v) is 9.76. The predicted molar refractivity (Wildman–Crippen MR) is 111 cm³/mol. The first-order chi connectivity index (χ1) is 14.1. The van der Waals surface area contributed by atoms with Crippen LogP contribution in [0.2, 0.25) is 0 Å². The highest BCUT2D eigenvalue weighted by Gasteiger charge is 2.31. The zero-order valence-corrected chi connectivity index (χ0v) is 16.9. The van der Waals surface area contributed by atoms with E-state index in [4.69, 9.17) is 9.47 Å². The van der Waals surface area contributed by atoms with Gasteiger partial charge in [-0.2, -0.15) is 0 Å². The zero-order chi connectivity index (χ0) is 20.6. The number of hydrogen-bond donors (Lipinski definition) is 2. The van der Waals surface area contributed by atoms with Gasteiger partial charge in [0, 0.05) is 30.0 Å². The lowest BCUT2D eigenvalue weighted by Gasteiger charge is -2.29. The Balaban J connectivity index is 1.60. The van der Waals surface area contributed by atoms with Gasteiger partial charge in [-0.05, 0) is 24.3 Å². The summed E-state index contributed by atoms with van der Waals surface area (Å²) in [6.45, 7) is 3.34. The average Bonchev–Trinajstić information content (AvgIpc) is 2.75. The highest BCUT2D eigenvalue weighted by Crippen LogP contribution is 2.19. The number of carbonyl (C=O) groups is 2. The van der Waals surface area contributed by atoms with Crippen molar-refractivity contribution in [3.63, 3.8) is 0 Å². The molecule has 2 N–H and O–H groups in total. The molecule has 0 saturated carbocycles. The Labute approximate surface area is 171 Å². The van der Waals surface area contributed by atoms with E-state index in [1.807, 2.05) is 61.6 Å². The molecule has 0 aromatic heterocycles. The Morgan fingerprint density at radius 3 is 2.38 bits per heavy atom. The molecule has 3 rings (SSSR count). The molecule has 1 amide bonds. The van der Waals surface area contributed by atoms with Crippen molar-refractivity contribution in [2.75, 3.05) is 57.2 Å². The van der Waals surface area contributed by atoms with Crippen LogP contribution in [0.15, 0.2) is 54.6 Å². The van der Waals surface area contributed by atoms with E-state index >= 15 is 0 Å². The summed E-state index contributed by atoms with van der Waals surface area (Å²) in [7, 11) is 3.18. The van der Waals surface area contributed by atoms with Gasteiger partial charge in [0.1, 0.15) is 0 Å². The number of anilines is 2. The van der Waals surface area contributed by atoms with Crippen LogP contribution < -0.4 is 15.1 Å². The molecule has 1 aliphatic heterocycles. The summed E-state index contributed by atoms with van der Waals surface area (Å²) >= 11 is 0. The van der Waals surface area contributed by atoms with Crippen LogP contribution >= 0.6 is 0 Å². The summed E-state index contributed by atoms with van der Waals surface area (Å²) in [4.78, 5) is 27.8. The van der Waals surface area contributed by atoms with Gasteiger partial charge in [0.25, 0.3) is 5.91 Å². The van der Waals surface area contributed by atoms with Crippen LogP contribution in [0, 0.1) is 0 Å². The van der Waals surface area contributed by atoms with Crippen molar-refractivity contribution in [3.8, 4) is 0 Å². The molecule has 1 aliphatic rings. The van der Waals surface area contributed by atoms with E-state index in [0.717, 1.165) is 48.1 Å². The summed E-state index contributed by atoms with van der Waals surface area (Å²) in [5.74, 6) is -0.525. The number of hydrogen-bond acceptors (Lipinski definition) is 5. The smallest absolute Gasteiger partial charge is 0.369 e. The fourth-order valence-corrected chi connectivity index (χ4v) is 3.52. The van der Waals surface area contributed by atoms with E-state index in [9.17, 15) is 9.59 Å². The van der Waals surface area contributed by atoms with Crippen molar-refractivity contribution in [2.45, 2.75) is 6.04 Å². The molecular weight excluding hydrogens is 370 g/mol. The minimum atomic E-state index is -0.560. The van der Waals surface area contributed by atoms with Crippen molar-refractivity contribution >= 4 is 23.3 Å². The molecule has 0 aliphatic carbocycles. The van der Waals surface area contributed by atoms with Gasteiger partial charge in [0.15, 0.2) is 6.54 Å². The Bertz CT molecular complexity index is 805. The first kappa shape index (κ1) is 20.8. The van der Waals surface area contributed by atoms with E-state index < -0.39 is 6.04 Å². The third-order valence-electron chi connectivity index (χ3n) is 5.03. The molecule has 7 nitrogen and oxygen atoms in total. The number of morpholine rings is 1. The number of nitrogens with one attached hydrogen (secondary N) is 2. The quantitative estimate of drug-likeness (QED) is 0.678. The van der Waals surface area contributed by atoms with Gasteiger partial charge in [-0.15, -0.1) is 0 Å². The minimum Gasteiger partial charge on any atom is -0.464 e. The normalized spacial score (nSPS) is 16.0. The fourth-order valence-electron chi connectivity index (χ4n) is 3.52. The van der Waals surface area contributed by atoms with Crippen LogP contribution in [0.5, 0.6) is 0 Å². The van der Waals surface area contributed by atoms with E-state index in [2.05, 4.69) is 10.2 Å². The monoisotopic (exact) mass is 398 g/mol. The summed E-state index contributed by atoms with van der Waals surface area (Å²) < 4.78 is 10.3. The Hall–Kier alpha value is -2.90. The molecule has 1 fully saturated rings. The van der Waals surface area contributed by atoms with E-state index in [0.29, 0.717) is 0 Å². The van der Waals surface area contributed by atoms with Crippen LogP contribution in [0.4, 0.5) is 11.4 Å². The number of quaternary nitrogens is 1. The Kier molecular flexibility index (Phi) is 7.21. The number of esters is 1. The molecule has 2 aromatic carbocycles. The van der Waals surface area contributed by atoms with Gasteiger partial charge in [-0.25, -0.2) is 4.79 Å². The lowest BCUT2D eigenvalue weighted by atomic mass is 10.1. The van der Waals surface area contributed by atoms with Gasteiger partial charge < -0.3 is 24.6 Å². The maximum atomic E-state index is 12.5. The maximum Gasteiger partial charge on any atom is 0.369 e. The second-order valence-corrected chi connectivity index (χ2v) is 7.08. The van der Waals surface area contributed by atoms with Crippen molar-refractivity contribution in [1.82, 2.24) is 0 Å². The molecule has 0 bridgehead atoms. The van der Waals surface area contributed by atoms with Crippen LogP contribution in [0.3, 0.4) is 0 Å². The van der Waals surface area contributed by atoms with Gasteiger partial charge in [0.2, 0.25) is 6.04 Å². The van der Waals surface area contributed by atoms with Crippen LogP contribution in [0.25, 0.3) is 0 Å². The van der Waals surface area contributed by atoms with Gasteiger partial charge in [-0.3, -0.25) is 4.79 Å². The first-order valence-electron chi connectivity index (χ1n) is 9.76. The van der Waals surface area contributed by atoms with Crippen LogP contribution in [-0.4, -0.2) is 58.9 Å². The maximum absolute atomic E-state index is 12.5. The van der Waals surface area contributed by atoms with Gasteiger partial charge >= 0.3 is 5.97 Å². The molecule has 2 atom stereocenters. The molecule has 29 heavy (non-hydrogen) atoms. The van der Waals surface area contributed by atoms with Crippen molar-refractivity contribution in [1.29, 1.82) is 0 Å². The molecule has 1 saturated heterocycles. The lowest BCUT2D eigenvalue weighted by molar-refractivity contribution is -0.894.